The highest BCUT2D eigenvalue weighted by Gasteiger charge is 2.31. The molecule has 0 aromatic carbocycles. The van der Waals surface area contributed by atoms with Gasteiger partial charge in [-0.25, -0.2) is 0 Å². The van der Waals surface area contributed by atoms with Crippen molar-refractivity contribution in [2.45, 2.75) is 45.1 Å². The van der Waals surface area contributed by atoms with Crippen molar-refractivity contribution in [1.29, 1.82) is 0 Å². The first kappa shape index (κ1) is 9.20. The van der Waals surface area contributed by atoms with Gasteiger partial charge in [-0.15, -0.1) is 0 Å². The van der Waals surface area contributed by atoms with E-state index in [-0.39, 0.29) is 0 Å². The van der Waals surface area contributed by atoms with Crippen LogP contribution in [0.5, 0.6) is 0 Å². The Balaban J connectivity index is 1.85. The van der Waals surface area contributed by atoms with Gasteiger partial charge in [0.15, 0.2) is 0 Å². The summed E-state index contributed by atoms with van der Waals surface area (Å²) in [7, 11) is 0. The molecule has 74 valence electrons. The van der Waals surface area contributed by atoms with Gasteiger partial charge in [0.2, 0.25) is 0 Å². The first-order chi connectivity index (χ1) is 6.29. The summed E-state index contributed by atoms with van der Waals surface area (Å²) in [6, 6.07) is 0.601. The van der Waals surface area contributed by atoms with Crippen LogP contribution in [0, 0.1) is 5.92 Å². The Bertz CT molecular complexity index is 202. The van der Waals surface area contributed by atoms with Gasteiger partial charge in [-0.05, 0) is 25.3 Å². The Morgan fingerprint density at radius 2 is 2.31 bits per heavy atom. The van der Waals surface area contributed by atoms with Crippen LogP contribution in [0.1, 0.15) is 39.0 Å². The van der Waals surface area contributed by atoms with Gasteiger partial charge in [0, 0.05) is 25.4 Å². The molecule has 2 unspecified atom stereocenters. The Labute approximate surface area is 80.3 Å². The van der Waals surface area contributed by atoms with Crippen LogP contribution in [-0.4, -0.2) is 29.8 Å². The molecule has 1 saturated heterocycles. The summed E-state index contributed by atoms with van der Waals surface area (Å²) in [5.41, 5.74) is 0. The quantitative estimate of drug-likeness (QED) is 0.648. The number of likely N-dealkylation sites (tertiary alicyclic amines) is 1. The van der Waals surface area contributed by atoms with Gasteiger partial charge in [0.25, 0.3) is 0 Å². The number of carbonyl (C=O) groups is 1. The molecular weight excluding hydrogens is 162 g/mol. The van der Waals surface area contributed by atoms with E-state index >= 15 is 0 Å². The van der Waals surface area contributed by atoms with Crippen LogP contribution < -0.4 is 0 Å². The van der Waals surface area contributed by atoms with E-state index in [1.165, 1.54) is 25.9 Å². The van der Waals surface area contributed by atoms with Gasteiger partial charge in [-0.1, -0.05) is 13.3 Å². The molecule has 0 N–H and O–H groups in total. The maximum atomic E-state index is 11.1. The summed E-state index contributed by atoms with van der Waals surface area (Å²) in [5, 5.41) is 0. The number of carbonyl (C=O) groups excluding carboxylic acids is 1. The summed E-state index contributed by atoms with van der Waals surface area (Å²) < 4.78 is 0. The molecule has 2 aliphatic rings. The third kappa shape index (κ3) is 1.93. The second-order valence-corrected chi connectivity index (χ2v) is 4.49. The lowest BCUT2D eigenvalue weighted by molar-refractivity contribution is -0.117. The van der Waals surface area contributed by atoms with Crippen molar-refractivity contribution < 1.29 is 4.79 Å². The monoisotopic (exact) mass is 181 g/mol. The molecule has 1 aliphatic carbocycles. The molecule has 1 heterocycles. The summed E-state index contributed by atoms with van der Waals surface area (Å²) in [6.07, 6.45) is 5.43. The summed E-state index contributed by atoms with van der Waals surface area (Å²) in [6.45, 7) is 4.75. The van der Waals surface area contributed by atoms with E-state index in [0.29, 0.717) is 11.8 Å². The van der Waals surface area contributed by atoms with Crippen molar-refractivity contribution in [3.63, 3.8) is 0 Å². The second kappa shape index (κ2) is 3.79. The Morgan fingerprint density at radius 1 is 1.46 bits per heavy atom. The highest BCUT2D eigenvalue weighted by atomic mass is 16.1. The van der Waals surface area contributed by atoms with E-state index in [9.17, 15) is 4.79 Å². The smallest absolute Gasteiger partial charge is 0.134 e. The molecule has 2 fully saturated rings. The van der Waals surface area contributed by atoms with E-state index in [4.69, 9.17) is 0 Å². The maximum Gasteiger partial charge on any atom is 0.134 e. The van der Waals surface area contributed by atoms with Crippen LogP contribution in [-0.2, 0) is 4.79 Å². The molecule has 0 aromatic heterocycles. The van der Waals surface area contributed by atoms with Crippen LogP contribution in [0.25, 0.3) is 0 Å². The predicted molar refractivity (Wildman–Crippen MR) is 52.6 cm³/mol. The number of Topliss-reactive ketones (excluding diaryl/α,β-unsaturated/α-hetero) is 1. The minimum atomic E-state index is 0.477. The highest BCUT2D eigenvalue weighted by molar-refractivity contribution is 5.81. The fourth-order valence-electron chi connectivity index (χ4n) is 2.63. The molecule has 2 nitrogen and oxygen atoms in total. The third-order valence-electron chi connectivity index (χ3n) is 3.63. The molecule has 13 heavy (non-hydrogen) atoms. The normalized spacial score (nSPS) is 35.9. The van der Waals surface area contributed by atoms with E-state index < -0.39 is 0 Å². The molecule has 2 heteroatoms. The number of rotatable bonds is 2. The predicted octanol–water partition coefficient (Wildman–Crippen LogP) is 1.84. The molecule has 0 radical (unpaired) electrons. The average Bonchev–Trinajstić information content (AvgIpc) is 2.71. The van der Waals surface area contributed by atoms with Crippen molar-refractivity contribution in [3.8, 4) is 0 Å². The van der Waals surface area contributed by atoms with Gasteiger partial charge >= 0.3 is 0 Å². The third-order valence-corrected chi connectivity index (χ3v) is 3.63. The molecule has 2 rings (SSSR count). The van der Waals surface area contributed by atoms with Crippen molar-refractivity contribution in [2.24, 2.45) is 5.92 Å². The van der Waals surface area contributed by atoms with Crippen molar-refractivity contribution in [2.75, 3.05) is 13.1 Å². The number of hydrogen-bond donors (Lipinski definition) is 0. The van der Waals surface area contributed by atoms with Crippen molar-refractivity contribution in [1.82, 2.24) is 4.90 Å². The Kier molecular flexibility index (Phi) is 2.68. The number of nitrogens with zero attached hydrogens (tertiary/aromatic N) is 1. The largest absolute Gasteiger partial charge is 0.300 e. The number of ketones is 1. The molecule has 0 aromatic rings. The zero-order valence-corrected chi connectivity index (χ0v) is 8.46. The lowest BCUT2D eigenvalue weighted by Gasteiger charge is -2.22. The molecule has 0 spiro atoms. The number of hydrogen-bond acceptors (Lipinski definition) is 2. The van der Waals surface area contributed by atoms with Crippen LogP contribution >= 0.6 is 0 Å². The lowest BCUT2D eigenvalue weighted by Crippen LogP contribution is -2.31. The first-order valence-corrected chi connectivity index (χ1v) is 5.55. The molecule has 0 bridgehead atoms. The minimum Gasteiger partial charge on any atom is -0.300 e. The van der Waals surface area contributed by atoms with Crippen molar-refractivity contribution >= 4 is 5.78 Å². The van der Waals surface area contributed by atoms with Gasteiger partial charge < -0.3 is 0 Å². The van der Waals surface area contributed by atoms with Gasteiger partial charge in [-0.2, -0.15) is 0 Å². The maximum absolute atomic E-state index is 11.1. The zero-order valence-electron chi connectivity index (χ0n) is 8.46. The molecule has 1 saturated carbocycles. The van der Waals surface area contributed by atoms with Crippen LogP contribution in [0.2, 0.25) is 0 Å². The van der Waals surface area contributed by atoms with E-state index in [0.717, 1.165) is 25.2 Å². The molecule has 2 atom stereocenters. The Morgan fingerprint density at radius 3 is 2.85 bits per heavy atom. The van der Waals surface area contributed by atoms with Crippen molar-refractivity contribution in [3.05, 3.63) is 0 Å². The zero-order chi connectivity index (χ0) is 9.26. The Hall–Kier alpha value is -0.370. The van der Waals surface area contributed by atoms with Crippen LogP contribution in [0.4, 0.5) is 0 Å². The lowest BCUT2D eigenvalue weighted by atomic mass is 10.1. The average molecular weight is 181 g/mol. The summed E-state index contributed by atoms with van der Waals surface area (Å²) in [5.74, 6) is 1.38. The second-order valence-electron chi connectivity index (χ2n) is 4.49. The highest BCUT2D eigenvalue weighted by Crippen LogP contribution is 2.27. The van der Waals surface area contributed by atoms with E-state index in [2.05, 4.69) is 11.8 Å². The fourth-order valence-corrected chi connectivity index (χ4v) is 2.63. The summed E-state index contributed by atoms with van der Waals surface area (Å²) in [4.78, 5) is 13.7. The van der Waals surface area contributed by atoms with Gasteiger partial charge in [0.05, 0.1) is 0 Å². The standard InChI is InChI=1S/C11H19NO/c1-2-9-5-6-12(8-9)10-3-4-11(13)7-10/h9-10H,2-8H2,1H3. The SMILES string of the molecule is CCC1CCN(C2CCC(=O)C2)C1. The van der Waals surface area contributed by atoms with Crippen LogP contribution in [0.3, 0.4) is 0 Å². The summed E-state index contributed by atoms with van der Waals surface area (Å²) >= 11 is 0. The van der Waals surface area contributed by atoms with E-state index in [1.807, 2.05) is 0 Å². The van der Waals surface area contributed by atoms with E-state index in [1.54, 1.807) is 0 Å². The molecular formula is C11H19NO. The van der Waals surface area contributed by atoms with Crippen LogP contribution in [0.15, 0.2) is 0 Å². The molecule has 1 aliphatic heterocycles. The van der Waals surface area contributed by atoms with Gasteiger partial charge in [-0.3, -0.25) is 9.69 Å². The fraction of sp³-hybridized carbons (Fsp3) is 0.909. The molecule has 0 amide bonds. The first-order valence-electron chi connectivity index (χ1n) is 5.55. The minimum absolute atomic E-state index is 0.477. The topological polar surface area (TPSA) is 20.3 Å². The van der Waals surface area contributed by atoms with Gasteiger partial charge in [0.1, 0.15) is 5.78 Å².